The van der Waals surface area contributed by atoms with E-state index >= 15 is 0 Å². The number of carbonyl (C=O) groups excluding carboxylic acids is 1. The lowest BCUT2D eigenvalue weighted by Crippen LogP contribution is -2.48. The van der Waals surface area contributed by atoms with Crippen LogP contribution in [0.25, 0.3) is 0 Å². The Hall–Kier alpha value is -0.220. The SMILES string of the molecule is CCC(CC)(CN1C(=O)C(CC(C)C)NC1C(C)C)SC. The van der Waals surface area contributed by atoms with Crippen LogP contribution in [0.2, 0.25) is 0 Å². The molecule has 0 aromatic carbocycles. The molecule has 0 saturated carbocycles. The van der Waals surface area contributed by atoms with Gasteiger partial charge in [0.15, 0.2) is 0 Å². The van der Waals surface area contributed by atoms with E-state index in [1.807, 2.05) is 11.8 Å². The van der Waals surface area contributed by atoms with Gasteiger partial charge in [-0.2, -0.15) is 11.8 Å². The van der Waals surface area contributed by atoms with Gasteiger partial charge in [0, 0.05) is 11.3 Å². The summed E-state index contributed by atoms with van der Waals surface area (Å²) in [4.78, 5) is 15.0. The van der Waals surface area contributed by atoms with Crippen molar-refractivity contribution in [1.29, 1.82) is 0 Å². The molecule has 2 atom stereocenters. The number of rotatable bonds is 8. The van der Waals surface area contributed by atoms with E-state index in [9.17, 15) is 4.79 Å². The highest BCUT2D eigenvalue weighted by Gasteiger charge is 2.43. The van der Waals surface area contributed by atoms with Crippen LogP contribution in [0, 0.1) is 11.8 Å². The van der Waals surface area contributed by atoms with E-state index in [0.29, 0.717) is 17.7 Å². The number of thioether (sulfide) groups is 1. The molecule has 1 aliphatic heterocycles. The van der Waals surface area contributed by atoms with Crippen LogP contribution in [0.5, 0.6) is 0 Å². The fourth-order valence-electron chi connectivity index (χ4n) is 3.21. The standard InChI is InChI=1S/C17H34N2OS/c1-8-17(9-2,21-7)11-19-15(13(5)6)18-14(16(19)20)10-12(3)4/h12-15,18H,8-11H2,1-7H3. The molecule has 0 spiro atoms. The van der Waals surface area contributed by atoms with Crippen LogP contribution in [-0.4, -0.2) is 40.6 Å². The van der Waals surface area contributed by atoms with Crippen molar-refractivity contribution in [2.75, 3.05) is 12.8 Å². The molecule has 0 bridgehead atoms. The van der Waals surface area contributed by atoms with Crippen molar-refractivity contribution in [3.63, 3.8) is 0 Å². The largest absolute Gasteiger partial charge is 0.324 e. The van der Waals surface area contributed by atoms with Crippen molar-refractivity contribution in [3.8, 4) is 0 Å². The Bertz CT molecular complexity index is 331. The Morgan fingerprint density at radius 2 is 1.81 bits per heavy atom. The zero-order chi connectivity index (χ0) is 16.2. The highest BCUT2D eigenvalue weighted by molar-refractivity contribution is 8.00. The minimum Gasteiger partial charge on any atom is -0.324 e. The highest BCUT2D eigenvalue weighted by atomic mass is 32.2. The number of amides is 1. The Morgan fingerprint density at radius 1 is 1.24 bits per heavy atom. The van der Waals surface area contributed by atoms with Gasteiger partial charge in [0.25, 0.3) is 0 Å². The quantitative estimate of drug-likeness (QED) is 0.741. The lowest BCUT2D eigenvalue weighted by atomic mass is 10.00. The van der Waals surface area contributed by atoms with Gasteiger partial charge in [-0.1, -0.05) is 41.5 Å². The summed E-state index contributed by atoms with van der Waals surface area (Å²) in [6.07, 6.45) is 5.51. The highest BCUT2D eigenvalue weighted by Crippen LogP contribution is 2.34. The minimum atomic E-state index is 0.00525. The van der Waals surface area contributed by atoms with Gasteiger partial charge >= 0.3 is 0 Å². The predicted molar refractivity (Wildman–Crippen MR) is 93.5 cm³/mol. The first-order chi connectivity index (χ1) is 9.80. The van der Waals surface area contributed by atoms with E-state index in [1.165, 1.54) is 0 Å². The molecule has 1 aliphatic rings. The summed E-state index contributed by atoms with van der Waals surface area (Å²) in [6, 6.07) is 0.00525. The van der Waals surface area contributed by atoms with Gasteiger partial charge in [-0.05, 0) is 37.4 Å². The maximum atomic E-state index is 12.8. The van der Waals surface area contributed by atoms with Crippen LogP contribution in [0.3, 0.4) is 0 Å². The van der Waals surface area contributed by atoms with E-state index in [0.717, 1.165) is 25.8 Å². The zero-order valence-corrected chi connectivity index (χ0v) is 15.7. The van der Waals surface area contributed by atoms with Gasteiger partial charge in [-0.3, -0.25) is 10.1 Å². The van der Waals surface area contributed by atoms with Gasteiger partial charge in [0.05, 0.1) is 12.2 Å². The fourth-order valence-corrected chi connectivity index (χ4v) is 4.06. The van der Waals surface area contributed by atoms with E-state index in [1.54, 1.807) is 0 Å². The van der Waals surface area contributed by atoms with Crippen molar-refractivity contribution < 1.29 is 4.79 Å². The molecule has 0 aromatic rings. The smallest absolute Gasteiger partial charge is 0.241 e. The molecule has 1 N–H and O–H groups in total. The van der Waals surface area contributed by atoms with Crippen LogP contribution < -0.4 is 5.32 Å². The Labute approximate surface area is 135 Å². The summed E-state index contributed by atoms with van der Waals surface area (Å²) >= 11 is 1.91. The average molecular weight is 315 g/mol. The third-order valence-corrected chi connectivity index (χ3v) is 6.38. The molecule has 21 heavy (non-hydrogen) atoms. The monoisotopic (exact) mass is 314 g/mol. The van der Waals surface area contributed by atoms with Crippen LogP contribution in [0.4, 0.5) is 0 Å². The maximum absolute atomic E-state index is 12.8. The van der Waals surface area contributed by atoms with E-state index < -0.39 is 0 Å². The molecule has 1 fully saturated rings. The summed E-state index contributed by atoms with van der Waals surface area (Å²) in [5, 5.41) is 3.58. The molecular formula is C17H34N2OS. The number of hydrogen-bond acceptors (Lipinski definition) is 3. The second-order valence-corrected chi connectivity index (χ2v) is 8.37. The van der Waals surface area contributed by atoms with Crippen molar-refractivity contribution >= 4 is 17.7 Å². The summed E-state index contributed by atoms with van der Waals surface area (Å²) in [5.74, 6) is 1.30. The van der Waals surface area contributed by atoms with Crippen LogP contribution in [-0.2, 0) is 4.79 Å². The van der Waals surface area contributed by atoms with E-state index in [2.05, 4.69) is 58.0 Å². The first-order valence-corrected chi connectivity index (χ1v) is 9.64. The second kappa shape index (κ2) is 7.87. The Balaban J connectivity index is 2.93. The zero-order valence-electron chi connectivity index (χ0n) is 14.9. The molecule has 4 heteroatoms. The first-order valence-electron chi connectivity index (χ1n) is 8.41. The van der Waals surface area contributed by atoms with E-state index in [4.69, 9.17) is 0 Å². The third kappa shape index (κ3) is 4.38. The molecule has 0 aromatic heterocycles. The normalized spacial score (nSPS) is 23.7. The maximum Gasteiger partial charge on any atom is 0.241 e. The molecule has 0 radical (unpaired) electrons. The van der Waals surface area contributed by atoms with Gasteiger partial charge < -0.3 is 4.90 Å². The van der Waals surface area contributed by atoms with E-state index in [-0.39, 0.29) is 17.0 Å². The number of hydrogen-bond donors (Lipinski definition) is 1. The Kier molecular flexibility index (Phi) is 7.05. The minimum absolute atomic E-state index is 0.00525. The lowest BCUT2D eigenvalue weighted by Gasteiger charge is -2.37. The van der Waals surface area contributed by atoms with Crippen molar-refractivity contribution in [2.45, 2.75) is 77.8 Å². The lowest BCUT2D eigenvalue weighted by molar-refractivity contribution is -0.131. The first kappa shape index (κ1) is 18.8. The van der Waals surface area contributed by atoms with Crippen molar-refractivity contribution in [2.24, 2.45) is 11.8 Å². The van der Waals surface area contributed by atoms with Crippen LogP contribution in [0.15, 0.2) is 0 Å². The summed E-state index contributed by atoms with van der Waals surface area (Å²) in [5.41, 5.74) is 0. The van der Waals surface area contributed by atoms with Gasteiger partial charge in [0.2, 0.25) is 5.91 Å². The summed E-state index contributed by atoms with van der Waals surface area (Å²) < 4.78 is 0.192. The summed E-state index contributed by atoms with van der Waals surface area (Å²) in [7, 11) is 0. The van der Waals surface area contributed by atoms with Gasteiger partial charge in [-0.25, -0.2) is 0 Å². The molecule has 3 nitrogen and oxygen atoms in total. The van der Waals surface area contributed by atoms with Gasteiger partial charge in [-0.15, -0.1) is 0 Å². The molecule has 0 aliphatic carbocycles. The molecule has 2 unspecified atom stereocenters. The second-order valence-electron chi connectivity index (χ2n) is 7.10. The topological polar surface area (TPSA) is 32.3 Å². The molecule has 1 amide bonds. The average Bonchev–Trinajstić information content (AvgIpc) is 2.73. The van der Waals surface area contributed by atoms with Crippen LogP contribution >= 0.6 is 11.8 Å². The number of nitrogens with one attached hydrogen (secondary N) is 1. The number of carbonyl (C=O) groups is 1. The van der Waals surface area contributed by atoms with Crippen molar-refractivity contribution in [3.05, 3.63) is 0 Å². The van der Waals surface area contributed by atoms with Crippen LogP contribution in [0.1, 0.15) is 60.8 Å². The Morgan fingerprint density at radius 3 is 2.19 bits per heavy atom. The molecule has 1 rings (SSSR count). The van der Waals surface area contributed by atoms with Crippen molar-refractivity contribution in [1.82, 2.24) is 10.2 Å². The summed E-state index contributed by atoms with van der Waals surface area (Å²) in [6.45, 7) is 14.1. The number of nitrogens with zero attached hydrogens (tertiary/aromatic N) is 1. The molecule has 1 saturated heterocycles. The molecule has 1 heterocycles. The fraction of sp³-hybridized carbons (Fsp3) is 0.941. The molecule has 124 valence electrons. The predicted octanol–water partition coefficient (Wildman–Crippen LogP) is 3.74. The molecular weight excluding hydrogens is 280 g/mol. The third-order valence-electron chi connectivity index (χ3n) is 4.81. The van der Waals surface area contributed by atoms with Gasteiger partial charge in [0.1, 0.15) is 0 Å².